The second-order valence-electron chi connectivity index (χ2n) is 6.10. The number of ether oxygens (including phenoxy) is 1. The normalized spacial score (nSPS) is 10.8. The minimum atomic E-state index is -0.236. The van der Waals surface area contributed by atoms with Gasteiger partial charge in [0, 0.05) is 11.1 Å². The number of nitrogens with zero attached hydrogens (tertiary/aromatic N) is 1. The van der Waals surface area contributed by atoms with Gasteiger partial charge < -0.3 is 4.74 Å². The van der Waals surface area contributed by atoms with Crippen LogP contribution >= 0.6 is 11.3 Å². The maximum absolute atomic E-state index is 13.0. The molecular formula is C24H16FNOS. The molecule has 0 saturated heterocycles. The summed E-state index contributed by atoms with van der Waals surface area (Å²) >= 11 is 1.61. The maximum atomic E-state index is 13.0. The summed E-state index contributed by atoms with van der Waals surface area (Å²) in [5.41, 5.74) is 3.71. The maximum Gasteiger partial charge on any atom is 0.123 e. The van der Waals surface area contributed by atoms with Crippen LogP contribution in [-0.2, 0) is 0 Å². The molecule has 4 rings (SSSR count). The monoisotopic (exact) mass is 385 g/mol. The van der Waals surface area contributed by atoms with Gasteiger partial charge in [0.25, 0.3) is 0 Å². The van der Waals surface area contributed by atoms with Crippen LogP contribution in [0.1, 0.15) is 21.7 Å². The number of fused-ring (bicyclic) bond motifs is 1. The molecule has 0 bridgehead atoms. The number of halogens is 1. The van der Waals surface area contributed by atoms with Crippen molar-refractivity contribution in [3.05, 3.63) is 94.2 Å². The van der Waals surface area contributed by atoms with Gasteiger partial charge in [-0.05, 0) is 66.2 Å². The van der Waals surface area contributed by atoms with Crippen LogP contribution in [0.4, 0.5) is 4.39 Å². The summed E-state index contributed by atoms with van der Waals surface area (Å²) in [6.07, 6.45) is 3.88. The van der Waals surface area contributed by atoms with E-state index in [1.54, 1.807) is 30.6 Å². The van der Waals surface area contributed by atoms with E-state index in [9.17, 15) is 4.39 Å². The van der Waals surface area contributed by atoms with Gasteiger partial charge in [0.05, 0.1) is 17.3 Å². The molecule has 1 heterocycles. The van der Waals surface area contributed by atoms with E-state index in [2.05, 4.69) is 16.8 Å². The second kappa shape index (κ2) is 8.08. The van der Waals surface area contributed by atoms with E-state index in [1.165, 1.54) is 12.1 Å². The third-order valence-corrected chi connectivity index (χ3v) is 5.14. The van der Waals surface area contributed by atoms with Gasteiger partial charge in [-0.1, -0.05) is 30.0 Å². The Bertz CT molecular complexity index is 1200. The third kappa shape index (κ3) is 4.28. The molecule has 136 valence electrons. The van der Waals surface area contributed by atoms with Crippen LogP contribution in [0.2, 0.25) is 0 Å². The first-order valence-corrected chi connectivity index (χ1v) is 9.51. The summed E-state index contributed by atoms with van der Waals surface area (Å²) < 4.78 is 19.2. The lowest BCUT2D eigenvalue weighted by Gasteiger charge is -1.97. The number of benzene rings is 3. The zero-order valence-corrected chi connectivity index (χ0v) is 16.0. The van der Waals surface area contributed by atoms with E-state index in [4.69, 9.17) is 4.74 Å². The molecule has 0 spiro atoms. The zero-order valence-electron chi connectivity index (χ0n) is 15.1. The Morgan fingerprint density at radius 1 is 0.893 bits per heavy atom. The lowest BCUT2D eigenvalue weighted by Crippen LogP contribution is -1.82. The quantitative estimate of drug-likeness (QED) is 0.403. The first kappa shape index (κ1) is 18.0. The van der Waals surface area contributed by atoms with Crippen LogP contribution < -0.4 is 4.74 Å². The Labute approximate surface area is 167 Å². The molecule has 0 N–H and O–H groups in total. The van der Waals surface area contributed by atoms with Crippen molar-refractivity contribution in [1.82, 2.24) is 4.98 Å². The van der Waals surface area contributed by atoms with Crippen molar-refractivity contribution in [2.45, 2.75) is 0 Å². The molecule has 4 aromatic rings. The number of methoxy groups -OCH3 is 1. The molecule has 1 aromatic heterocycles. The predicted octanol–water partition coefficient (Wildman–Crippen LogP) is 6.01. The number of aromatic nitrogens is 1. The predicted molar refractivity (Wildman–Crippen MR) is 114 cm³/mol. The van der Waals surface area contributed by atoms with Gasteiger partial charge in [0.1, 0.15) is 16.6 Å². The van der Waals surface area contributed by atoms with Gasteiger partial charge in [-0.3, -0.25) is 0 Å². The fourth-order valence-electron chi connectivity index (χ4n) is 2.65. The highest BCUT2D eigenvalue weighted by Gasteiger charge is 2.02. The average molecular weight is 385 g/mol. The summed E-state index contributed by atoms with van der Waals surface area (Å²) in [6.45, 7) is 0. The van der Waals surface area contributed by atoms with Crippen LogP contribution in [0.15, 0.2) is 66.7 Å². The molecule has 28 heavy (non-hydrogen) atoms. The SMILES string of the molecule is COc1ccc(C#Cc2ccc3sc(C=Cc4ccc(F)cc4)nc3c2)cc1. The van der Waals surface area contributed by atoms with Crippen molar-refractivity contribution in [2.75, 3.05) is 7.11 Å². The van der Waals surface area contributed by atoms with Gasteiger partial charge in [-0.15, -0.1) is 11.3 Å². The lowest BCUT2D eigenvalue weighted by atomic mass is 10.1. The lowest BCUT2D eigenvalue weighted by molar-refractivity contribution is 0.415. The van der Waals surface area contributed by atoms with Crippen molar-refractivity contribution in [2.24, 2.45) is 0 Å². The smallest absolute Gasteiger partial charge is 0.123 e. The molecule has 0 unspecified atom stereocenters. The highest BCUT2D eigenvalue weighted by atomic mass is 32.1. The van der Waals surface area contributed by atoms with Crippen molar-refractivity contribution in [1.29, 1.82) is 0 Å². The topological polar surface area (TPSA) is 22.1 Å². The molecule has 4 heteroatoms. The molecular weight excluding hydrogens is 369 g/mol. The standard InChI is InChI=1S/C24H16FNOS/c1-27-21-12-6-17(7-13-21)2-3-19-8-14-23-22(16-19)26-24(28-23)15-9-18-4-10-20(25)11-5-18/h4-16H,1H3. The van der Waals surface area contributed by atoms with Gasteiger partial charge >= 0.3 is 0 Å². The van der Waals surface area contributed by atoms with E-state index in [0.717, 1.165) is 37.7 Å². The van der Waals surface area contributed by atoms with E-state index in [-0.39, 0.29) is 5.82 Å². The molecule has 0 aliphatic rings. The van der Waals surface area contributed by atoms with E-state index < -0.39 is 0 Å². The van der Waals surface area contributed by atoms with Crippen molar-refractivity contribution >= 4 is 33.7 Å². The zero-order chi connectivity index (χ0) is 19.3. The van der Waals surface area contributed by atoms with Gasteiger partial charge in [0.2, 0.25) is 0 Å². The van der Waals surface area contributed by atoms with Gasteiger partial charge in [0.15, 0.2) is 0 Å². The van der Waals surface area contributed by atoms with Crippen molar-refractivity contribution < 1.29 is 9.13 Å². The molecule has 0 aliphatic carbocycles. The molecule has 0 fully saturated rings. The van der Waals surface area contributed by atoms with Crippen LogP contribution in [-0.4, -0.2) is 12.1 Å². The number of thiazole rings is 1. The fourth-order valence-corrected chi connectivity index (χ4v) is 3.51. The third-order valence-electron chi connectivity index (χ3n) is 4.13. The Balaban J connectivity index is 1.54. The molecule has 0 aliphatic heterocycles. The molecule has 0 atom stereocenters. The van der Waals surface area contributed by atoms with Gasteiger partial charge in [-0.25, -0.2) is 9.37 Å². The minimum Gasteiger partial charge on any atom is -0.497 e. The summed E-state index contributed by atoms with van der Waals surface area (Å²) in [6, 6.07) is 20.1. The fraction of sp³-hybridized carbons (Fsp3) is 0.0417. The van der Waals surface area contributed by atoms with Crippen LogP contribution in [0.25, 0.3) is 22.4 Å². The summed E-state index contributed by atoms with van der Waals surface area (Å²) in [7, 11) is 1.65. The van der Waals surface area contributed by atoms with Crippen LogP contribution in [0.5, 0.6) is 5.75 Å². The molecule has 0 amide bonds. The molecule has 3 aromatic carbocycles. The van der Waals surface area contributed by atoms with E-state index in [0.29, 0.717) is 0 Å². The molecule has 0 saturated carbocycles. The van der Waals surface area contributed by atoms with Gasteiger partial charge in [-0.2, -0.15) is 0 Å². The second-order valence-corrected chi connectivity index (χ2v) is 7.16. The van der Waals surface area contributed by atoms with E-state index in [1.807, 2.05) is 54.6 Å². The van der Waals surface area contributed by atoms with Crippen molar-refractivity contribution in [3.8, 4) is 17.6 Å². The number of hydrogen-bond donors (Lipinski definition) is 0. The summed E-state index contributed by atoms with van der Waals surface area (Å²) in [5.74, 6) is 6.92. The highest BCUT2D eigenvalue weighted by Crippen LogP contribution is 2.24. The molecule has 2 nitrogen and oxygen atoms in total. The Kier molecular flexibility index (Phi) is 5.18. The first-order valence-electron chi connectivity index (χ1n) is 8.70. The van der Waals surface area contributed by atoms with Crippen LogP contribution in [0, 0.1) is 17.7 Å². The summed E-state index contributed by atoms with van der Waals surface area (Å²) in [5, 5.41) is 0.902. The van der Waals surface area contributed by atoms with Crippen molar-refractivity contribution in [3.63, 3.8) is 0 Å². The Morgan fingerprint density at radius 3 is 2.36 bits per heavy atom. The number of rotatable bonds is 3. The Hall–Kier alpha value is -3.42. The Morgan fingerprint density at radius 2 is 1.61 bits per heavy atom. The minimum absolute atomic E-state index is 0.236. The largest absolute Gasteiger partial charge is 0.497 e. The number of hydrogen-bond acceptors (Lipinski definition) is 3. The molecule has 0 radical (unpaired) electrons. The van der Waals surface area contributed by atoms with Crippen LogP contribution in [0.3, 0.4) is 0 Å². The average Bonchev–Trinajstić information content (AvgIpc) is 3.14. The highest BCUT2D eigenvalue weighted by molar-refractivity contribution is 7.19. The summed E-state index contributed by atoms with van der Waals surface area (Å²) in [4.78, 5) is 4.66. The van der Waals surface area contributed by atoms with E-state index >= 15 is 0 Å². The first-order chi connectivity index (χ1) is 13.7.